The fourth-order valence-corrected chi connectivity index (χ4v) is 2.63. The van der Waals surface area contributed by atoms with E-state index in [4.69, 9.17) is 4.74 Å². The van der Waals surface area contributed by atoms with Crippen molar-refractivity contribution >= 4 is 40.7 Å². The number of rotatable bonds is 6. The van der Waals surface area contributed by atoms with E-state index in [9.17, 15) is 19.7 Å². The zero-order valence-electron chi connectivity index (χ0n) is 13.6. The number of nitrogens with one attached hydrogen (secondary N) is 1. The summed E-state index contributed by atoms with van der Waals surface area (Å²) in [5.74, 6) is -1.31. The Morgan fingerprint density at radius 2 is 2.08 bits per heavy atom. The largest absolute Gasteiger partial charge is 0.452 e. The van der Waals surface area contributed by atoms with Crippen molar-refractivity contribution in [3.63, 3.8) is 0 Å². The molecule has 130 valence electrons. The van der Waals surface area contributed by atoms with Gasteiger partial charge in [0, 0.05) is 17.0 Å². The number of thiophene rings is 1. The van der Waals surface area contributed by atoms with E-state index >= 15 is 0 Å². The van der Waals surface area contributed by atoms with Gasteiger partial charge in [-0.15, -0.1) is 11.3 Å². The van der Waals surface area contributed by atoms with E-state index in [1.807, 2.05) is 17.5 Å². The number of nitro benzene ring substituents is 1. The lowest BCUT2D eigenvalue weighted by atomic mass is 10.1. The number of nitro groups is 1. The first-order chi connectivity index (χ1) is 11.9. The smallest absolute Gasteiger partial charge is 0.331 e. The van der Waals surface area contributed by atoms with Gasteiger partial charge in [0.2, 0.25) is 0 Å². The maximum atomic E-state index is 12.0. The van der Waals surface area contributed by atoms with Gasteiger partial charge in [0.05, 0.1) is 4.92 Å². The predicted octanol–water partition coefficient (Wildman–Crippen LogP) is 3.47. The maximum Gasteiger partial charge on any atom is 0.331 e. The number of ether oxygens (including phenoxy) is 1. The Kier molecular flexibility index (Phi) is 6.02. The zero-order chi connectivity index (χ0) is 18.4. The van der Waals surface area contributed by atoms with Crippen LogP contribution in [0.25, 0.3) is 6.08 Å². The number of benzene rings is 1. The highest BCUT2D eigenvalue weighted by atomic mass is 32.1. The van der Waals surface area contributed by atoms with Crippen LogP contribution in [0.3, 0.4) is 0 Å². The van der Waals surface area contributed by atoms with Crippen molar-refractivity contribution in [2.75, 3.05) is 11.9 Å². The molecular weight excluding hydrogens is 344 g/mol. The lowest BCUT2D eigenvalue weighted by Crippen LogP contribution is -2.21. The highest BCUT2D eigenvalue weighted by Crippen LogP contribution is 2.30. The number of carbonyl (C=O) groups excluding carboxylic acids is 2. The van der Waals surface area contributed by atoms with Crippen LogP contribution in [0, 0.1) is 24.0 Å². The van der Waals surface area contributed by atoms with Gasteiger partial charge in [-0.2, -0.15) is 0 Å². The molecule has 25 heavy (non-hydrogen) atoms. The lowest BCUT2D eigenvalue weighted by Gasteiger charge is -2.11. The minimum Gasteiger partial charge on any atom is -0.452 e. The summed E-state index contributed by atoms with van der Waals surface area (Å²) in [6, 6.07) is 6.62. The van der Waals surface area contributed by atoms with E-state index in [0.29, 0.717) is 5.56 Å². The number of amides is 1. The molecule has 7 nitrogen and oxygen atoms in total. The molecule has 2 aromatic rings. The molecule has 1 N–H and O–H groups in total. The molecule has 1 amide bonds. The minimum absolute atomic E-state index is 0.111. The third-order valence-electron chi connectivity index (χ3n) is 3.45. The number of esters is 1. The SMILES string of the molecule is Cc1ccc([N+](=O)[O-])c(NC(=O)COC(=O)C=Cc2cccs2)c1C. The summed E-state index contributed by atoms with van der Waals surface area (Å²) < 4.78 is 4.84. The Bertz CT molecular complexity index is 828. The van der Waals surface area contributed by atoms with Gasteiger partial charge in [0.15, 0.2) is 6.61 Å². The predicted molar refractivity (Wildman–Crippen MR) is 95.5 cm³/mol. The second-order valence-corrected chi connectivity index (χ2v) is 6.14. The van der Waals surface area contributed by atoms with Crippen molar-refractivity contribution in [2.45, 2.75) is 13.8 Å². The van der Waals surface area contributed by atoms with Crippen LogP contribution in [0.5, 0.6) is 0 Å². The van der Waals surface area contributed by atoms with Crippen molar-refractivity contribution in [1.82, 2.24) is 0 Å². The number of aryl methyl sites for hydroxylation is 1. The van der Waals surface area contributed by atoms with Gasteiger partial charge < -0.3 is 10.1 Å². The van der Waals surface area contributed by atoms with E-state index < -0.39 is 23.4 Å². The highest BCUT2D eigenvalue weighted by molar-refractivity contribution is 7.10. The monoisotopic (exact) mass is 360 g/mol. The van der Waals surface area contributed by atoms with Crippen LogP contribution in [0.4, 0.5) is 11.4 Å². The second-order valence-electron chi connectivity index (χ2n) is 5.16. The lowest BCUT2D eigenvalue weighted by molar-refractivity contribution is -0.384. The van der Waals surface area contributed by atoms with Crippen LogP contribution in [0.15, 0.2) is 35.7 Å². The van der Waals surface area contributed by atoms with E-state index in [0.717, 1.165) is 10.4 Å². The molecule has 0 aliphatic carbocycles. The number of anilines is 1. The summed E-state index contributed by atoms with van der Waals surface area (Å²) in [4.78, 5) is 35.0. The van der Waals surface area contributed by atoms with Crippen LogP contribution < -0.4 is 5.32 Å². The minimum atomic E-state index is -0.668. The molecule has 0 unspecified atom stereocenters. The van der Waals surface area contributed by atoms with E-state index in [1.165, 1.54) is 23.5 Å². The summed E-state index contributed by atoms with van der Waals surface area (Å²) >= 11 is 1.46. The van der Waals surface area contributed by atoms with Crippen LogP contribution >= 0.6 is 11.3 Å². The molecular formula is C17H16N2O5S. The molecule has 1 aromatic heterocycles. The summed E-state index contributed by atoms with van der Waals surface area (Å²) in [5.41, 5.74) is 1.30. The molecule has 0 aliphatic rings. The quantitative estimate of drug-likeness (QED) is 0.368. The second kappa shape index (κ2) is 8.20. The van der Waals surface area contributed by atoms with E-state index in [2.05, 4.69) is 5.32 Å². The van der Waals surface area contributed by atoms with E-state index in [-0.39, 0.29) is 11.4 Å². The fourth-order valence-electron chi connectivity index (χ4n) is 2.01. The first-order valence-corrected chi connectivity index (χ1v) is 8.19. The van der Waals surface area contributed by atoms with Crippen molar-refractivity contribution in [3.8, 4) is 0 Å². The Hall–Kier alpha value is -3.00. The molecule has 8 heteroatoms. The maximum absolute atomic E-state index is 12.0. The average Bonchev–Trinajstić information content (AvgIpc) is 3.08. The molecule has 0 saturated carbocycles. The van der Waals surface area contributed by atoms with Crippen molar-refractivity contribution in [2.24, 2.45) is 0 Å². The normalized spacial score (nSPS) is 10.6. The van der Waals surface area contributed by atoms with Crippen molar-refractivity contribution in [1.29, 1.82) is 0 Å². The molecule has 0 saturated heterocycles. The van der Waals surface area contributed by atoms with Crippen LogP contribution in [-0.4, -0.2) is 23.4 Å². The first-order valence-electron chi connectivity index (χ1n) is 7.31. The Labute approximate surface area is 148 Å². The summed E-state index contributed by atoms with van der Waals surface area (Å²) in [5, 5.41) is 15.4. The van der Waals surface area contributed by atoms with Crippen molar-refractivity contribution < 1.29 is 19.2 Å². The molecule has 0 spiro atoms. The van der Waals surface area contributed by atoms with Gasteiger partial charge in [-0.3, -0.25) is 14.9 Å². The fraction of sp³-hybridized carbons (Fsp3) is 0.176. The van der Waals surface area contributed by atoms with Crippen LogP contribution in [0.2, 0.25) is 0 Å². The Morgan fingerprint density at radius 3 is 2.72 bits per heavy atom. The molecule has 2 rings (SSSR count). The Balaban J connectivity index is 1.98. The van der Waals surface area contributed by atoms with E-state index in [1.54, 1.807) is 26.0 Å². The molecule has 0 radical (unpaired) electrons. The van der Waals surface area contributed by atoms with Crippen molar-refractivity contribution in [3.05, 3.63) is 61.8 Å². The van der Waals surface area contributed by atoms with Gasteiger partial charge in [0.1, 0.15) is 5.69 Å². The third kappa shape index (κ3) is 4.98. The zero-order valence-corrected chi connectivity index (χ0v) is 14.5. The topological polar surface area (TPSA) is 98.5 Å². The number of hydrogen-bond acceptors (Lipinski definition) is 6. The number of nitrogens with zero attached hydrogens (tertiary/aromatic N) is 1. The van der Waals surface area contributed by atoms with Gasteiger partial charge in [-0.1, -0.05) is 12.1 Å². The molecule has 1 aromatic carbocycles. The number of hydrogen-bond donors (Lipinski definition) is 1. The standard InChI is InChI=1S/C17H16N2O5S/c1-11-5-7-14(19(22)23)17(12(11)2)18-15(20)10-24-16(21)8-6-13-4-3-9-25-13/h3-9H,10H2,1-2H3,(H,18,20). The molecule has 0 fully saturated rings. The third-order valence-corrected chi connectivity index (χ3v) is 4.28. The number of carbonyl (C=O) groups is 2. The molecule has 1 heterocycles. The summed E-state index contributed by atoms with van der Waals surface area (Å²) in [6.07, 6.45) is 2.81. The van der Waals surface area contributed by atoms with Gasteiger partial charge in [-0.25, -0.2) is 4.79 Å². The summed E-state index contributed by atoms with van der Waals surface area (Å²) in [6.45, 7) is 2.93. The molecule has 0 aliphatic heterocycles. The average molecular weight is 360 g/mol. The van der Waals surface area contributed by atoms with Gasteiger partial charge in [0.25, 0.3) is 11.6 Å². The molecule has 0 bridgehead atoms. The highest BCUT2D eigenvalue weighted by Gasteiger charge is 2.19. The first kappa shape index (κ1) is 18.3. The molecule has 0 atom stereocenters. The van der Waals surface area contributed by atoms with Gasteiger partial charge >= 0.3 is 5.97 Å². The Morgan fingerprint density at radius 1 is 1.32 bits per heavy atom. The van der Waals surface area contributed by atoms with Crippen LogP contribution in [0.1, 0.15) is 16.0 Å². The van der Waals surface area contributed by atoms with Crippen LogP contribution in [-0.2, 0) is 14.3 Å². The van der Waals surface area contributed by atoms with Gasteiger partial charge in [-0.05, 0) is 42.5 Å². The summed E-state index contributed by atoms with van der Waals surface area (Å²) in [7, 11) is 0.